The van der Waals surface area contributed by atoms with Crippen LogP contribution in [0.3, 0.4) is 0 Å². The normalized spacial score (nSPS) is 19.8. The van der Waals surface area contributed by atoms with Crippen LogP contribution in [0, 0.1) is 5.92 Å². The summed E-state index contributed by atoms with van der Waals surface area (Å²) in [5.41, 5.74) is 7.68. The molecule has 2 atom stereocenters. The molecule has 1 aromatic heterocycles. The van der Waals surface area contributed by atoms with Crippen molar-refractivity contribution in [3.63, 3.8) is 0 Å². The summed E-state index contributed by atoms with van der Waals surface area (Å²) in [5, 5.41) is 0.972. The van der Waals surface area contributed by atoms with Gasteiger partial charge in [0.2, 0.25) is 5.91 Å². The molecular weight excluding hydrogens is 292 g/mol. The van der Waals surface area contributed by atoms with E-state index in [2.05, 4.69) is 0 Å². The summed E-state index contributed by atoms with van der Waals surface area (Å²) < 4.78 is 10.8. The minimum Gasteiger partial charge on any atom is -0.497 e. The second-order valence-electron chi connectivity index (χ2n) is 6.40. The molecule has 0 bridgehead atoms. The molecule has 1 saturated heterocycles. The van der Waals surface area contributed by atoms with Gasteiger partial charge in [-0.15, -0.1) is 0 Å². The van der Waals surface area contributed by atoms with Gasteiger partial charge in [0.25, 0.3) is 0 Å². The summed E-state index contributed by atoms with van der Waals surface area (Å²) in [4.78, 5) is 14.6. The SMILES string of the molecule is COc1ccc2c(CC(=O)N3CCCC(C(C)N)C3)coc2c1. The number of carbonyl (C=O) groups is 1. The highest BCUT2D eigenvalue weighted by Crippen LogP contribution is 2.27. The maximum absolute atomic E-state index is 12.6. The molecule has 0 saturated carbocycles. The number of ether oxygens (including phenoxy) is 1. The van der Waals surface area contributed by atoms with Crippen LogP contribution in [0.25, 0.3) is 11.0 Å². The first-order valence-corrected chi connectivity index (χ1v) is 8.16. The maximum atomic E-state index is 12.6. The van der Waals surface area contributed by atoms with Crippen molar-refractivity contribution in [1.29, 1.82) is 0 Å². The van der Waals surface area contributed by atoms with Crippen molar-refractivity contribution in [2.75, 3.05) is 20.2 Å². The maximum Gasteiger partial charge on any atom is 0.227 e. The van der Waals surface area contributed by atoms with Crippen LogP contribution in [0.5, 0.6) is 5.75 Å². The summed E-state index contributed by atoms with van der Waals surface area (Å²) in [7, 11) is 1.62. The highest BCUT2D eigenvalue weighted by molar-refractivity contribution is 5.88. The van der Waals surface area contributed by atoms with Gasteiger partial charge >= 0.3 is 0 Å². The van der Waals surface area contributed by atoms with Crippen LogP contribution in [0.1, 0.15) is 25.3 Å². The molecule has 2 N–H and O–H groups in total. The van der Waals surface area contributed by atoms with Crippen molar-refractivity contribution >= 4 is 16.9 Å². The van der Waals surface area contributed by atoms with Crippen LogP contribution in [-0.2, 0) is 11.2 Å². The predicted molar refractivity (Wildman–Crippen MR) is 89.4 cm³/mol. The Morgan fingerprint density at radius 1 is 1.52 bits per heavy atom. The number of carbonyl (C=O) groups excluding carboxylic acids is 1. The molecule has 1 aliphatic heterocycles. The lowest BCUT2D eigenvalue weighted by atomic mass is 9.92. The lowest BCUT2D eigenvalue weighted by molar-refractivity contribution is -0.132. The number of methoxy groups -OCH3 is 1. The number of furan rings is 1. The van der Waals surface area contributed by atoms with E-state index in [1.807, 2.05) is 30.0 Å². The Kier molecular flexibility index (Phi) is 4.57. The number of nitrogens with two attached hydrogens (primary N) is 1. The van der Waals surface area contributed by atoms with E-state index in [0.717, 1.165) is 48.2 Å². The Morgan fingerprint density at radius 3 is 3.09 bits per heavy atom. The number of piperidine rings is 1. The predicted octanol–water partition coefficient (Wildman–Crippen LogP) is 2.57. The molecule has 1 aliphatic rings. The van der Waals surface area contributed by atoms with Gasteiger partial charge < -0.3 is 19.8 Å². The molecule has 0 radical (unpaired) electrons. The Morgan fingerprint density at radius 2 is 2.35 bits per heavy atom. The van der Waals surface area contributed by atoms with Gasteiger partial charge in [-0.1, -0.05) is 0 Å². The second kappa shape index (κ2) is 6.62. The number of rotatable bonds is 4. The van der Waals surface area contributed by atoms with E-state index in [9.17, 15) is 4.79 Å². The van der Waals surface area contributed by atoms with Gasteiger partial charge in [-0.05, 0) is 37.8 Å². The van der Waals surface area contributed by atoms with Crippen molar-refractivity contribution in [1.82, 2.24) is 4.90 Å². The molecule has 0 spiro atoms. The molecule has 23 heavy (non-hydrogen) atoms. The highest BCUT2D eigenvalue weighted by Gasteiger charge is 2.26. The van der Waals surface area contributed by atoms with E-state index in [1.54, 1.807) is 13.4 Å². The first-order chi connectivity index (χ1) is 11.1. The third kappa shape index (κ3) is 3.34. The average Bonchev–Trinajstić information content (AvgIpc) is 2.97. The van der Waals surface area contributed by atoms with Crippen molar-refractivity contribution in [2.24, 2.45) is 11.7 Å². The Hall–Kier alpha value is -2.01. The third-order valence-electron chi connectivity index (χ3n) is 4.76. The van der Waals surface area contributed by atoms with E-state index in [4.69, 9.17) is 14.9 Å². The zero-order valence-corrected chi connectivity index (χ0v) is 13.7. The largest absolute Gasteiger partial charge is 0.497 e. The molecule has 1 aromatic carbocycles. The quantitative estimate of drug-likeness (QED) is 0.941. The monoisotopic (exact) mass is 316 g/mol. The number of nitrogens with zero attached hydrogens (tertiary/aromatic N) is 1. The number of hydrogen-bond acceptors (Lipinski definition) is 4. The van der Waals surface area contributed by atoms with Gasteiger partial charge in [0.1, 0.15) is 11.3 Å². The topological polar surface area (TPSA) is 68.7 Å². The number of amides is 1. The first kappa shape index (κ1) is 15.9. The molecule has 2 heterocycles. The molecule has 1 amide bonds. The van der Waals surface area contributed by atoms with E-state index < -0.39 is 0 Å². The van der Waals surface area contributed by atoms with Gasteiger partial charge in [-0.3, -0.25) is 4.79 Å². The molecule has 3 rings (SSSR count). The van der Waals surface area contributed by atoms with E-state index in [-0.39, 0.29) is 11.9 Å². The second-order valence-corrected chi connectivity index (χ2v) is 6.40. The zero-order valence-electron chi connectivity index (χ0n) is 13.7. The average molecular weight is 316 g/mol. The lowest BCUT2D eigenvalue weighted by Crippen LogP contribution is -2.45. The van der Waals surface area contributed by atoms with Crippen LogP contribution in [0.4, 0.5) is 0 Å². The highest BCUT2D eigenvalue weighted by atomic mass is 16.5. The summed E-state index contributed by atoms with van der Waals surface area (Å²) >= 11 is 0. The van der Waals surface area contributed by atoms with Gasteiger partial charge in [0, 0.05) is 36.1 Å². The summed E-state index contributed by atoms with van der Waals surface area (Å²) in [6.45, 7) is 3.61. The lowest BCUT2D eigenvalue weighted by Gasteiger charge is -2.34. The van der Waals surface area contributed by atoms with Gasteiger partial charge in [0.15, 0.2) is 0 Å². The summed E-state index contributed by atoms with van der Waals surface area (Å²) in [6.07, 6.45) is 4.18. The molecular formula is C18H24N2O3. The molecule has 2 aromatic rings. The number of fused-ring (bicyclic) bond motifs is 1. The smallest absolute Gasteiger partial charge is 0.227 e. The minimum absolute atomic E-state index is 0.132. The van der Waals surface area contributed by atoms with E-state index >= 15 is 0 Å². The van der Waals surface area contributed by atoms with E-state index in [1.165, 1.54) is 0 Å². The Bertz CT molecular complexity index is 693. The van der Waals surface area contributed by atoms with Gasteiger partial charge in [0.05, 0.1) is 19.8 Å². The van der Waals surface area contributed by atoms with Crippen LogP contribution in [0.2, 0.25) is 0 Å². The fraction of sp³-hybridized carbons (Fsp3) is 0.500. The molecule has 5 nitrogen and oxygen atoms in total. The number of benzene rings is 1. The van der Waals surface area contributed by atoms with Crippen LogP contribution < -0.4 is 10.5 Å². The standard InChI is InChI=1S/C18H24N2O3/c1-12(19)13-4-3-7-20(10-13)18(21)8-14-11-23-17-9-15(22-2)5-6-16(14)17/h5-6,9,11-13H,3-4,7-8,10,19H2,1-2H3. The third-order valence-corrected chi connectivity index (χ3v) is 4.76. The molecule has 0 aliphatic carbocycles. The van der Waals surface area contributed by atoms with Crippen LogP contribution in [-0.4, -0.2) is 37.0 Å². The summed E-state index contributed by atoms with van der Waals surface area (Å²) in [5.74, 6) is 1.30. The molecule has 2 unspecified atom stereocenters. The van der Waals surface area contributed by atoms with Gasteiger partial charge in [-0.25, -0.2) is 0 Å². The van der Waals surface area contributed by atoms with Crippen molar-refractivity contribution in [3.05, 3.63) is 30.0 Å². The van der Waals surface area contributed by atoms with Gasteiger partial charge in [-0.2, -0.15) is 0 Å². The fourth-order valence-corrected chi connectivity index (χ4v) is 3.27. The minimum atomic E-state index is 0.132. The van der Waals surface area contributed by atoms with E-state index in [0.29, 0.717) is 12.3 Å². The molecule has 5 heteroatoms. The molecule has 1 fully saturated rings. The van der Waals surface area contributed by atoms with Crippen molar-refractivity contribution in [3.8, 4) is 5.75 Å². The zero-order chi connectivity index (χ0) is 16.4. The summed E-state index contributed by atoms with van der Waals surface area (Å²) in [6, 6.07) is 5.81. The van der Waals surface area contributed by atoms with Crippen molar-refractivity contribution in [2.45, 2.75) is 32.2 Å². The van der Waals surface area contributed by atoms with Crippen molar-refractivity contribution < 1.29 is 13.9 Å². The number of hydrogen-bond donors (Lipinski definition) is 1. The number of likely N-dealkylation sites (tertiary alicyclic amines) is 1. The van der Waals surface area contributed by atoms with Crippen LogP contribution in [0.15, 0.2) is 28.9 Å². The fourth-order valence-electron chi connectivity index (χ4n) is 3.27. The Labute approximate surface area is 136 Å². The molecule has 124 valence electrons. The van der Waals surface area contributed by atoms with Crippen LogP contribution >= 0.6 is 0 Å². The first-order valence-electron chi connectivity index (χ1n) is 8.16. The Balaban J connectivity index is 1.72.